The van der Waals surface area contributed by atoms with Crippen molar-refractivity contribution >= 4 is 18.3 Å². The molecule has 3 nitrogen and oxygen atoms in total. The van der Waals surface area contributed by atoms with E-state index in [1.165, 1.54) is 19.3 Å². The maximum absolute atomic E-state index is 12.8. The topological polar surface area (TPSA) is 46.3 Å². The van der Waals surface area contributed by atoms with E-state index in [4.69, 9.17) is 5.73 Å². The van der Waals surface area contributed by atoms with Crippen molar-refractivity contribution in [2.24, 2.45) is 16.6 Å². The van der Waals surface area contributed by atoms with E-state index in [-0.39, 0.29) is 17.8 Å². The zero-order valence-corrected chi connectivity index (χ0v) is 13.2. The van der Waals surface area contributed by atoms with Crippen molar-refractivity contribution < 1.29 is 4.79 Å². The smallest absolute Gasteiger partial charge is 0.230 e. The second kappa shape index (κ2) is 6.45. The molecule has 19 heavy (non-hydrogen) atoms. The predicted molar refractivity (Wildman–Crippen MR) is 81.4 cm³/mol. The minimum atomic E-state index is -0.214. The number of rotatable bonds is 2. The highest BCUT2D eigenvalue weighted by molar-refractivity contribution is 5.85. The molecular formula is C15H29ClN2O. The molecule has 0 spiro atoms. The fourth-order valence-corrected chi connectivity index (χ4v) is 3.52. The minimum absolute atomic E-state index is 0. The third kappa shape index (κ3) is 3.63. The Morgan fingerprint density at radius 3 is 2.26 bits per heavy atom. The number of likely N-dealkylation sites (tertiary alicyclic amines) is 1. The standard InChI is InChI=1S/C15H28N2O.ClH/c1-14(2)6-5-10-17(11-9-14)13(18)15(12-16)7-3-4-8-15;/h3-12,16H2,1-2H3;1H. The Bertz CT molecular complexity index is 311. The molecule has 112 valence electrons. The normalized spacial score (nSPS) is 25.5. The maximum Gasteiger partial charge on any atom is 0.230 e. The number of halogens is 1. The van der Waals surface area contributed by atoms with Gasteiger partial charge < -0.3 is 10.6 Å². The van der Waals surface area contributed by atoms with Gasteiger partial charge in [0.2, 0.25) is 5.91 Å². The van der Waals surface area contributed by atoms with E-state index in [9.17, 15) is 4.79 Å². The number of nitrogens with zero attached hydrogens (tertiary/aromatic N) is 1. The van der Waals surface area contributed by atoms with Gasteiger partial charge in [-0.3, -0.25) is 4.79 Å². The number of carbonyl (C=O) groups excluding carboxylic acids is 1. The van der Waals surface area contributed by atoms with Crippen LogP contribution in [0, 0.1) is 10.8 Å². The Morgan fingerprint density at radius 1 is 1.05 bits per heavy atom. The summed E-state index contributed by atoms with van der Waals surface area (Å²) in [7, 11) is 0. The highest BCUT2D eigenvalue weighted by Gasteiger charge is 2.42. The zero-order chi connectivity index (χ0) is 13.2. The highest BCUT2D eigenvalue weighted by atomic mass is 35.5. The van der Waals surface area contributed by atoms with E-state index >= 15 is 0 Å². The number of carbonyl (C=O) groups is 1. The zero-order valence-electron chi connectivity index (χ0n) is 12.4. The van der Waals surface area contributed by atoms with E-state index in [2.05, 4.69) is 18.7 Å². The van der Waals surface area contributed by atoms with Gasteiger partial charge in [-0.25, -0.2) is 0 Å². The predicted octanol–water partition coefficient (Wildman–Crippen LogP) is 2.97. The van der Waals surface area contributed by atoms with Crippen molar-refractivity contribution in [3.63, 3.8) is 0 Å². The molecule has 0 atom stereocenters. The van der Waals surface area contributed by atoms with E-state index in [0.717, 1.165) is 38.8 Å². The van der Waals surface area contributed by atoms with Crippen LogP contribution >= 0.6 is 12.4 Å². The lowest BCUT2D eigenvalue weighted by molar-refractivity contribution is -0.141. The molecular weight excluding hydrogens is 260 g/mol. The summed E-state index contributed by atoms with van der Waals surface area (Å²) in [6, 6.07) is 0. The molecule has 2 rings (SSSR count). The first kappa shape index (κ1) is 16.8. The molecule has 0 unspecified atom stereocenters. The van der Waals surface area contributed by atoms with Gasteiger partial charge in [-0.2, -0.15) is 0 Å². The van der Waals surface area contributed by atoms with Gasteiger partial charge in [-0.15, -0.1) is 12.4 Å². The Kier molecular flexibility index (Phi) is 5.69. The van der Waals surface area contributed by atoms with Crippen LogP contribution in [0.15, 0.2) is 0 Å². The molecule has 2 N–H and O–H groups in total. The molecule has 1 aliphatic heterocycles. The quantitative estimate of drug-likeness (QED) is 0.849. The molecule has 0 aromatic rings. The minimum Gasteiger partial charge on any atom is -0.342 e. The largest absolute Gasteiger partial charge is 0.342 e. The van der Waals surface area contributed by atoms with Crippen LogP contribution in [0.2, 0.25) is 0 Å². The summed E-state index contributed by atoms with van der Waals surface area (Å²) in [4.78, 5) is 14.9. The second-order valence-electron chi connectivity index (χ2n) is 7.00. The lowest BCUT2D eigenvalue weighted by atomic mass is 9.84. The summed E-state index contributed by atoms with van der Waals surface area (Å²) < 4.78 is 0. The fourth-order valence-electron chi connectivity index (χ4n) is 3.52. The van der Waals surface area contributed by atoms with Crippen LogP contribution in [0.5, 0.6) is 0 Å². The summed E-state index contributed by atoms with van der Waals surface area (Å²) in [5.41, 5.74) is 6.10. The molecule has 4 heteroatoms. The van der Waals surface area contributed by atoms with Gasteiger partial charge in [0.25, 0.3) is 0 Å². The molecule has 1 heterocycles. The molecule has 0 bridgehead atoms. The number of hydrogen-bond acceptors (Lipinski definition) is 2. The molecule has 1 amide bonds. The third-order valence-electron chi connectivity index (χ3n) is 5.03. The monoisotopic (exact) mass is 288 g/mol. The van der Waals surface area contributed by atoms with Gasteiger partial charge in [0.1, 0.15) is 0 Å². The summed E-state index contributed by atoms with van der Waals surface area (Å²) in [5.74, 6) is 0.347. The molecule has 0 aromatic carbocycles. The lowest BCUT2D eigenvalue weighted by Gasteiger charge is -2.33. The summed E-state index contributed by atoms with van der Waals surface area (Å²) in [5, 5.41) is 0. The average Bonchev–Trinajstić information content (AvgIpc) is 2.75. The molecule has 0 aromatic heterocycles. The number of amides is 1. The van der Waals surface area contributed by atoms with Crippen molar-refractivity contribution in [1.82, 2.24) is 4.90 Å². The van der Waals surface area contributed by atoms with Crippen molar-refractivity contribution in [3.8, 4) is 0 Å². The highest BCUT2D eigenvalue weighted by Crippen LogP contribution is 2.40. The Morgan fingerprint density at radius 2 is 1.68 bits per heavy atom. The van der Waals surface area contributed by atoms with Crippen LogP contribution in [0.1, 0.15) is 58.8 Å². The second-order valence-corrected chi connectivity index (χ2v) is 7.00. The van der Waals surface area contributed by atoms with Crippen LogP contribution in [-0.4, -0.2) is 30.4 Å². The Labute approximate surface area is 123 Å². The van der Waals surface area contributed by atoms with Crippen LogP contribution < -0.4 is 5.73 Å². The van der Waals surface area contributed by atoms with Crippen LogP contribution in [0.3, 0.4) is 0 Å². The fraction of sp³-hybridized carbons (Fsp3) is 0.933. The van der Waals surface area contributed by atoms with E-state index < -0.39 is 0 Å². The van der Waals surface area contributed by atoms with Gasteiger partial charge in [0, 0.05) is 19.6 Å². The van der Waals surface area contributed by atoms with Crippen LogP contribution in [0.4, 0.5) is 0 Å². The summed E-state index contributed by atoms with van der Waals surface area (Å²) in [6.07, 6.45) is 7.83. The Balaban J connectivity index is 0.00000180. The first-order valence-corrected chi connectivity index (χ1v) is 7.49. The molecule has 1 saturated carbocycles. The molecule has 1 aliphatic carbocycles. The van der Waals surface area contributed by atoms with Crippen molar-refractivity contribution in [2.45, 2.75) is 58.8 Å². The van der Waals surface area contributed by atoms with E-state index in [0.29, 0.717) is 17.9 Å². The first-order chi connectivity index (χ1) is 8.49. The van der Waals surface area contributed by atoms with Crippen molar-refractivity contribution in [1.29, 1.82) is 0 Å². The van der Waals surface area contributed by atoms with Crippen molar-refractivity contribution in [3.05, 3.63) is 0 Å². The summed E-state index contributed by atoms with van der Waals surface area (Å²) in [6.45, 7) is 7.02. The first-order valence-electron chi connectivity index (χ1n) is 7.49. The maximum atomic E-state index is 12.8. The Hall–Kier alpha value is -0.280. The van der Waals surface area contributed by atoms with Gasteiger partial charge in [-0.1, -0.05) is 26.7 Å². The molecule has 2 aliphatic rings. The average molecular weight is 289 g/mol. The van der Waals surface area contributed by atoms with Crippen molar-refractivity contribution in [2.75, 3.05) is 19.6 Å². The SMILES string of the molecule is CC1(C)CCCN(C(=O)C2(CN)CCCC2)CC1.Cl. The van der Waals surface area contributed by atoms with E-state index in [1.54, 1.807) is 0 Å². The van der Waals surface area contributed by atoms with Gasteiger partial charge in [-0.05, 0) is 37.5 Å². The number of nitrogens with two attached hydrogens (primary N) is 1. The molecule has 1 saturated heterocycles. The van der Waals surface area contributed by atoms with Crippen LogP contribution in [0.25, 0.3) is 0 Å². The lowest BCUT2D eigenvalue weighted by Crippen LogP contribution is -2.47. The molecule has 0 radical (unpaired) electrons. The summed E-state index contributed by atoms with van der Waals surface area (Å²) >= 11 is 0. The molecule has 2 fully saturated rings. The van der Waals surface area contributed by atoms with Gasteiger partial charge in [0.15, 0.2) is 0 Å². The van der Waals surface area contributed by atoms with E-state index in [1.807, 2.05) is 0 Å². The van der Waals surface area contributed by atoms with Crippen LogP contribution in [-0.2, 0) is 4.79 Å². The van der Waals surface area contributed by atoms with Gasteiger partial charge in [0.05, 0.1) is 5.41 Å². The third-order valence-corrected chi connectivity index (χ3v) is 5.03. The van der Waals surface area contributed by atoms with Gasteiger partial charge >= 0.3 is 0 Å². The number of hydrogen-bond donors (Lipinski definition) is 1.